The van der Waals surface area contributed by atoms with Crippen LogP contribution in [-0.4, -0.2) is 20.6 Å². The Morgan fingerprint density at radius 2 is 1.85 bits per heavy atom. The highest BCUT2D eigenvalue weighted by Gasteiger charge is 2.16. The minimum atomic E-state index is -1.21. The summed E-state index contributed by atoms with van der Waals surface area (Å²) in [6.07, 6.45) is 1.61. The van der Waals surface area contributed by atoms with Crippen LogP contribution in [0, 0.1) is 0 Å². The molecule has 0 spiro atoms. The van der Waals surface area contributed by atoms with Crippen LogP contribution < -0.4 is 10.9 Å². The summed E-state index contributed by atoms with van der Waals surface area (Å²) in [4.78, 5) is 26.4. The molecule has 0 aliphatic carbocycles. The smallest absolute Gasteiger partial charge is 0.341 e. The molecule has 0 aliphatic heterocycles. The predicted octanol–water partition coefficient (Wildman–Crippen LogP) is 5.04. The summed E-state index contributed by atoms with van der Waals surface area (Å²) in [7, 11) is 2.06. The standard InChI is InChI=1S/C27H29N3O3/c1-4-17-15-22(27(32)33)26(31)29-25(17)19-11-12-24-20(13-19)14-21(30(24)3)16-28-23(5-2)18-9-7-6-8-10-18/h6-15,23,28H,4-5,16H2,1-3H3,(H,29,31)(H,32,33)/t23-/m1/s1. The first-order valence-corrected chi connectivity index (χ1v) is 11.3. The second-order valence-corrected chi connectivity index (χ2v) is 8.29. The van der Waals surface area contributed by atoms with Crippen LogP contribution in [0.5, 0.6) is 0 Å². The van der Waals surface area contributed by atoms with Gasteiger partial charge in [-0.15, -0.1) is 0 Å². The molecule has 4 aromatic rings. The van der Waals surface area contributed by atoms with Crippen LogP contribution >= 0.6 is 0 Å². The van der Waals surface area contributed by atoms with E-state index in [9.17, 15) is 14.7 Å². The van der Waals surface area contributed by atoms with E-state index < -0.39 is 11.5 Å². The zero-order valence-electron chi connectivity index (χ0n) is 19.2. The first-order chi connectivity index (χ1) is 15.9. The van der Waals surface area contributed by atoms with Crippen molar-refractivity contribution in [2.75, 3.05) is 0 Å². The van der Waals surface area contributed by atoms with Gasteiger partial charge in [0.15, 0.2) is 0 Å². The van der Waals surface area contributed by atoms with E-state index in [1.165, 1.54) is 17.3 Å². The molecule has 0 saturated carbocycles. The van der Waals surface area contributed by atoms with Crippen molar-refractivity contribution in [3.05, 3.63) is 93.4 Å². The molecule has 2 aromatic carbocycles. The molecule has 0 amide bonds. The van der Waals surface area contributed by atoms with Gasteiger partial charge in [-0.2, -0.15) is 0 Å². The number of carbonyl (C=O) groups is 1. The van der Waals surface area contributed by atoms with Crippen LogP contribution in [0.25, 0.3) is 22.2 Å². The molecule has 2 heterocycles. The molecule has 0 fully saturated rings. The number of benzene rings is 2. The zero-order chi connectivity index (χ0) is 23.5. The van der Waals surface area contributed by atoms with Crippen molar-refractivity contribution in [2.24, 2.45) is 7.05 Å². The Labute approximate surface area is 192 Å². The number of carboxylic acids is 1. The number of pyridine rings is 1. The van der Waals surface area contributed by atoms with Crippen molar-refractivity contribution in [1.29, 1.82) is 0 Å². The molecule has 0 bridgehead atoms. The third-order valence-corrected chi connectivity index (χ3v) is 6.30. The number of aryl methyl sites for hydroxylation is 2. The van der Waals surface area contributed by atoms with Crippen LogP contribution in [0.3, 0.4) is 0 Å². The molecule has 3 N–H and O–H groups in total. The van der Waals surface area contributed by atoms with Gasteiger partial charge in [0.2, 0.25) is 0 Å². The van der Waals surface area contributed by atoms with Gasteiger partial charge in [0.25, 0.3) is 5.56 Å². The lowest BCUT2D eigenvalue weighted by molar-refractivity contribution is 0.0695. The third kappa shape index (κ3) is 4.47. The van der Waals surface area contributed by atoms with E-state index in [1.807, 2.05) is 25.1 Å². The third-order valence-electron chi connectivity index (χ3n) is 6.30. The Balaban J connectivity index is 1.65. The number of H-pyrrole nitrogens is 1. The van der Waals surface area contributed by atoms with Crippen molar-refractivity contribution in [3.8, 4) is 11.3 Å². The molecule has 0 unspecified atom stereocenters. The van der Waals surface area contributed by atoms with Crippen molar-refractivity contribution < 1.29 is 9.90 Å². The number of aromatic nitrogens is 2. The lowest BCUT2D eigenvalue weighted by Crippen LogP contribution is -2.21. The van der Waals surface area contributed by atoms with E-state index in [1.54, 1.807) is 0 Å². The fraction of sp³-hybridized carbons (Fsp3) is 0.259. The number of rotatable bonds is 8. The van der Waals surface area contributed by atoms with Gasteiger partial charge in [-0.3, -0.25) is 4.79 Å². The number of nitrogens with zero attached hydrogens (tertiary/aromatic N) is 1. The summed E-state index contributed by atoms with van der Waals surface area (Å²) in [5.41, 5.74) is 5.09. The van der Waals surface area contributed by atoms with Gasteiger partial charge in [-0.25, -0.2) is 4.79 Å². The molecule has 4 rings (SSSR count). The molecular formula is C27H29N3O3. The molecule has 0 saturated heterocycles. The molecule has 0 aliphatic rings. The fourth-order valence-electron chi connectivity index (χ4n) is 4.41. The minimum absolute atomic E-state index is 0.228. The summed E-state index contributed by atoms with van der Waals surface area (Å²) in [6, 6.07) is 20.5. The Kier molecular flexibility index (Phi) is 6.47. The first kappa shape index (κ1) is 22.6. The van der Waals surface area contributed by atoms with Crippen molar-refractivity contribution in [3.63, 3.8) is 0 Å². The van der Waals surface area contributed by atoms with E-state index in [0.717, 1.165) is 35.0 Å². The number of nitrogens with one attached hydrogen (secondary N) is 2. The lowest BCUT2D eigenvalue weighted by atomic mass is 10.0. The zero-order valence-corrected chi connectivity index (χ0v) is 19.2. The molecular weight excluding hydrogens is 414 g/mol. The molecule has 6 heteroatoms. The van der Waals surface area contributed by atoms with Crippen LogP contribution in [0.4, 0.5) is 0 Å². The number of fused-ring (bicyclic) bond motifs is 1. The Morgan fingerprint density at radius 3 is 2.52 bits per heavy atom. The minimum Gasteiger partial charge on any atom is -0.477 e. The first-order valence-electron chi connectivity index (χ1n) is 11.3. The van der Waals surface area contributed by atoms with E-state index in [2.05, 4.69) is 65.2 Å². The maximum atomic E-state index is 12.3. The molecule has 170 valence electrons. The second-order valence-electron chi connectivity index (χ2n) is 8.29. The summed E-state index contributed by atoms with van der Waals surface area (Å²) >= 11 is 0. The topological polar surface area (TPSA) is 87.1 Å². The van der Waals surface area contributed by atoms with Crippen molar-refractivity contribution in [2.45, 2.75) is 39.3 Å². The normalized spacial score (nSPS) is 12.2. The summed E-state index contributed by atoms with van der Waals surface area (Å²) in [6.45, 7) is 4.86. The lowest BCUT2D eigenvalue weighted by Gasteiger charge is -2.17. The largest absolute Gasteiger partial charge is 0.477 e. The van der Waals surface area contributed by atoms with Crippen molar-refractivity contribution >= 4 is 16.9 Å². The van der Waals surface area contributed by atoms with Gasteiger partial charge in [0.1, 0.15) is 5.56 Å². The molecule has 1 atom stereocenters. The Morgan fingerprint density at radius 1 is 1.09 bits per heavy atom. The number of aromatic amines is 1. The highest BCUT2D eigenvalue weighted by Crippen LogP contribution is 2.28. The summed E-state index contributed by atoms with van der Waals surface area (Å²) < 4.78 is 2.18. The average Bonchev–Trinajstić information content (AvgIpc) is 3.14. The van der Waals surface area contributed by atoms with Crippen LogP contribution in [0.2, 0.25) is 0 Å². The average molecular weight is 444 g/mol. The summed E-state index contributed by atoms with van der Waals surface area (Å²) in [5, 5.41) is 14.0. The quantitative estimate of drug-likeness (QED) is 0.356. The fourth-order valence-corrected chi connectivity index (χ4v) is 4.41. The van der Waals surface area contributed by atoms with Gasteiger partial charge in [0.05, 0.1) is 5.69 Å². The van der Waals surface area contributed by atoms with E-state index in [-0.39, 0.29) is 11.6 Å². The molecule has 33 heavy (non-hydrogen) atoms. The predicted molar refractivity (Wildman–Crippen MR) is 132 cm³/mol. The van der Waals surface area contributed by atoms with Crippen molar-refractivity contribution in [1.82, 2.24) is 14.9 Å². The summed E-state index contributed by atoms with van der Waals surface area (Å²) in [5.74, 6) is -1.21. The van der Waals surface area contributed by atoms with Gasteiger partial charge in [-0.05, 0) is 53.8 Å². The molecule has 2 aromatic heterocycles. The van der Waals surface area contributed by atoms with E-state index >= 15 is 0 Å². The van der Waals surface area contributed by atoms with E-state index in [0.29, 0.717) is 12.1 Å². The van der Waals surface area contributed by atoms with Gasteiger partial charge in [-0.1, -0.05) is 50.2 Å². The SMILES string of the molecule is CCc1cc(C(=O)O)c(=O)[nH]c1-c1ccc2c(c1)cc(CN[C@H](CC)c1ccccc1)n2C. The maximum Gasteiger partial charge on any atom is 0.341 e. The number of hydrogen-bond donors (Lipinski definition) is 3. The van der Waals surface area contributed by atoms with Crippen LogP contribution in [0.15, 0.2) is 65.5 Å². The maximum absolute atomic E-state index is 12.3. The molecule has 6 nitrogen and oxygen atoms in total. The number of carboxylic acid groups (broad SMARTS) is 1. The Bertz CT molecular complexity index is 1350. The van der Waals surface area contributed by atoms with Gasteiger partial charge in [0, 0.05) is 36.2 Å². The van der Waals surface area contributed by atoms with E-state index in [4.69, 9.17) is 0 Å². The van der Waals surface area contributed by atoms with Gasteiger partial charge >= 0.3 is 5.97 Å². The monoisotopic (exact) mass is 443 g/mol. The second kappa shape index (κ2) is 9.46. The van der Waals surface area contributed by atoms with Gasteiger partial charge < -0.3 is 20.0 Å². The highest BCUT2D eigenvalue weighted by atomic mass is 16.4. The Hall–Kier alpha value is -3.64. The highest BCUT2D eigenvalue weighted by molar-refractivity contribution is 5.89. The molecule has 0 radical (unpaired) electrons. The number of aromatic carboxylic acids is 1. The number of hydrogen-bond acceptors (Lipinski definition) is 3. The van der Waals surface area contributed by atoms with Crippen LogP contribution in [0.1, 0.15) is 53.5 Å². The van der Waals surface area contributed by atoms with Crippen LogP contribution in [-0.2, 0) is 20.0 Å².